The van der Waals surface area contributed by atoms with Crippen molar-refractivity contribution < 1.29 is 12.9 Å². The fraction of sp³-hybridized carbons (Fsp3) is 0.350. The second kappa shape index (κ2) is 7.10. The third kappa shape index (κ3) is 3.22. The largest absolute Gasteiger partial charge is 0.361 e. The van der Waals surface area contributed by atoms with E-state index >= 15 is 0 Å². The molecular formula is C20H22N4O3S. The smallest absolute Gasteiger partial charge is 0.243 e. The van der Waals surface area contributed by atoms with Crippen LogP contribution in [0.5, 0.6) is 0 Å². The van der Waals surface area contributed by atoms with Crippen molar-refractivity contribution in [2.75, 3.05) is 6.54 Å². The summed E-state index contributed by atoms with van der Waals surface area (Å²) in [4.78, 5) is 9.41. The maximum atomic E-state index is 13.2. The van der Waals surface area contributed by atoms with Gasteiger partial charge in [-0.1, -0.05) is 23.4 Å². The Morgan fingerprint density at radius 1 is 1.11 bits per heavy atom. The van der Waals surface area contributed by atoms with Crippen LogP contribution in [0.3, 0.4) is 0 Å². The van der Waals surface area contributed by atoms with Gasteiger partial charge in [-0.15, -0.1) is 0 Å². The molecule has 0 N–H and O–H groups in total. The first-order valence-electron chi connectivity index (χ1n) is 9.23. The first-order valence-corrected chi connectivity index (χ1v) is 10.7. The van der Waals surface area contributed by atoms with Crippen LogP contribution in [0.2, 0.25) is 0 Å². The van der Waals surface area contributed by atoms with E-state index in [1.54, 1.807) is 28.6 Å². The van der Waals surface area contributed by atoms with Crippen molar-refractivity contribution in [1.82, 2.24) is 19.4 Å². The molecule has 0 amide bonds. The molecule has 7 nitrogen and oxygen atoms in total. The van der Waals surface area contributed by atoms with Gasteiger partial charge in [-0.25, -0.2) is 18.4 Å². The second-order valence-corrected chi connectivity index (χ2v) is 8.90. The van der Waals surface area contributed by atoms with E-state index in [2.05, 4.69) is 15.1 Å². The summed E-state index contributed by atoms with van der Waals surface area (Å²) in [5, 5.41) is 4.00. The quantitative estimate of drug-likeness (QED) is 0.667. The van der Waals surface area contributed by atoms with Crippen molar-refractivity contribution in [2.45, 2.75) is 44.6 Å². The van der Waals surface area contributed by atoms with E-state index in [1.165, 1.54) is 0 Å². The number of rotatable bonds is 4. The normalized spacial score (nSPS) is 17.9. The van der Waals surface area contributed by atoms with Gasteiger partial charge in [-0.05, 0) is 51.8 Å². The van der Waals surface area contributed by atoms with Gasteiger partial charge < -0.3 is 4.52 Å². The zero-order valence-electron chi connectivity index (χ0n) is 16.1. The predicted octanol–water partition coefficient (Wildman–Crippen LogP) is 3.58. The summed E-state index contributed by atoms with van der Waals surface area (Å²) in [5.41, 5.74) is 3.01. The Morgan fingerprint density at radius 2 is 1.86 bits per heavy atom. The minimum atomic E-state index is -3.59. The van der Waals surface area contributed by atoms with Gasteiger partial charge in [0.2, 0.25) is 10.0 Å². The lowest BCUT2D eigenvalue weighted by atomic mass is 10.1. The molecule has 1 fully saturated rings. The van der Waals surface area contributed by atoms with Crippen LogP contribution in [0.1, 0.15) is 41.9 Å². The maximum Gasteiger partial charge on any atom is 0.243 e. The minimum Gasteiger partial charge on any atom is -0.361 e. The van der Waals surface area contributed by atoms with E-state index in [1.807, 2.05) is 32.9 Å². The molecule has 1 aliphatic rings. The van der Waals surface area contributed by atoms with Gasteiger partial charge in [0.15, 0.2) is 0 Å². The molecule has 0 saturated carbocycles. The second-order valence-electron chi connectivity index (χ2n) is 7.01. The summed E-state index contributed by atoms with van der Waals surface area (Å²) in [5.74, 6) is 1.28. The van der Waals surface area contributed by atoms with Crippen LogP contribution in [0.25, 0.3) is 11.3 Å². The fourth-order valence-electron chi connectivity index (χ4n) is 3.79. The number of benzene rings is 1. The van der Waals surface area contributed by atoms with Crippen LogP contribution >= 0.6 is 0 Å². The Kier molecular flexibility index (Phi) is 4.76. The number of nitrogens with zero attached hydrogens (tertiary/aromatic N) is 4. The summed E-state index contributed by atoms with van der Waals surface area (Å²) >= 11 is 0. The zero-order valence-corrected chi connectivity index (χ0v) is 16.9. The molecule has 0 radical (unpaired) electrons. The molecule has 1 atom stereocenters. The van der Waals surface area contributed by atoms with Crippen molar-refractivity contribution in [3.8, 4) is 11.3 Å². The van der Waals surface area contributed by atoms with Gasteiger partial charge in [0.25, 0.3) is 0 Å². The Morgan fingerprint density at radius 3 is 2.54 bits per heavy atom. The Bertz CT molecular complexity index is 1090. The number of sulfonamides is 1. The standard InChI is InChI=1S/C20H22N4O3S/c1-13-20(14(2)27-23-13)18-12-17(21-15(3)22-18)19-10-7-11-24(19)28(25,26)16-8-5-4-6-9-16/h4-6,8-9,12,19H,7,10-11H2,1-3H3/t19-/m0/s1. The third-order valence-electron chi connectivity index (χ3n) is 5.04. The highest BCUT2D eigenvalue weighted by Gasteiger charge is 2.37. The molecule has 3 heterocycles. The van der Waals surface area contributed by atoms with E-state index in [4.69, 9.17) is 4.52 Å². The first kappa shape index (κ1) is 18.8. The first-order chi connectivity index (χ1) is 13.4. The van der Waals surface area contributed by atoms with Crippen LogP contribution < -0.4 is 0 Å². The summed E-state index contributed by atoms with van der Waals surface area (Å²) in [6, 6.07) is 10.1. The summed E-state index contributed by atoms with van der Waals surface area (Å²) in [6.45, 7) is 6.00. The van der Waals surface area contributed by atoms with Crippen molar-refractivity contribution in [3.05, 3.63) is 59.4 Å². The lowest BCUT2D eigenvalue weighted by Gasteiger charge is -2.24. The van der Waals surface area contributed by atoms with Gasteiger partial charge >= 0.3 is 0 Å². The highest BCUT2D eigenvalue weighted by atomic mass is 32.2. The lowest BCUT2D eigenvalue weighted by molar-refractivity contribution is 0.389. The molecule has 4 rings (SSSR count). The van der Waals surface area contributed by atoms with Crippen molar-refractivity contribution in [3.63, 3.8) is 0 Å². The molecule has 3 aromatic rings. The highest BCUT2D eigenvalue weighted by Crippen LogP contribution is 2.37. The average Bonchev–Trinajstić information content (AvgIpc) is 3.29. The average molecular weight is 398 g/mol. The zero-order chi connectivity index (χ0) is 19.9. The molecule has 0 spiro atoms. The molecule has 1 aromatic carbocycles. The van der Waals surface area contributed by atoms with Gasteiger partial charge in [0.1, 0.15) is 11.6 Å². The molecule has 8 heteroatoms. The topological polar surface area (TPSA) is 89.2 Å². The number of hydrogen-bond acceptors (Lipinski definition) is 6. The predicted molar refractivity (Wildman–Crippen MR) is 104 cm³/mol. The maximum absolute atomic E-state index is 13.2. The molecule has 1 saturated heterocycles. The van der Waals surface area contributed by atoms with Gasteiger partial charge in [-0.3, -0.25) is 0 Å². The third-order valence-corrected chi connectivity index (χ3v) is 6.96. The summed E-state index contributed by atoms with van der Waals surface area (Å²) in [6.07, 6.45) is 1.52. The van der Waals surface area contributed by atoms with E-state index < -0.39 is 10.0 Å². The van der Waals surface area contributed by atoms with Crippen molar-refractivity contribution >= 4 is 10.0 Å². The molecule has 0 bridgehead atoms. The van der Waals surface area contributed by atoms with E-state index in [9.17, 15) is 8.42 Å². The van der Waals surface area contributed by atoms with Crippen LogP contribution in [0.4, 0.5) is 0 Å². The van der Waals surface area contributed by atoms with Crippen LogP contribution in [0, 0.1) is 20.8 Å². The Balaban J connectivity index is 1.77. The van der Waals surface area contributed by atoms with Gasteiger partial charge in [0, 0.05) is 6.54 Å². The van der Waals surface area contributed by atoms with Crippen LogP contribution in [-0.2, 0) is 10.0 Å². The SMILES string of the molecule is Cc1nc(-c2c(C)noc2C)cc([C@@H]2CCCN2S(=O)(=O)c2ccccc2)n1. The van der Waals surface area contributed by atoms with Crippen LogP contribution in [-0.4, -0.2) is 34.4 Å². The van der Waals surface area contributed by atoms with E-state index in [0.717, 1.165) is 24.1 Å². The molecule has 146 valence electrons. The molecular weight excluding hydrogens is 376 g/mol. The Hall–Kier alpha value is -2.58. The fourth-order valence-corrected chi connectivity index (χ4v) is 5.48. The van der Waals surface area contributed by atoms with Gasteiger partial charge in [-0.2, -0.15) is 4.31 Å². The molecule has 28 heavy (non-hydrogen) atoms. The van der Waals surface area contributed by atoms with Gasteiger partial charge in [0.05, 0.1) is 33.6 Å². The summed E-state index contributed by atoms with van der Waals surface area (Å²) in [7, 11) is -3.59. The Labute approximate surface area is 164 Å². The number of hydrogen-bond donors (Lipinski definition) is 0. The van der Waals surface area contributed by atoms with Crippen LogP contribution in [0.15, 0.2) is 45.8 Å². The van der Waals surface area contributed by atoms with Crippen molar-refractivity contribution in [2.24, 2.45) is 0 Å². The molecule has 0 aliphatic carbocycles. The monoisotopic (exact) mass is 398 g/mol. The van der Waals surface area contributed by atoms with Crippen molar-refractivity contribution in [1.29, 1.82) is 0 Å². The summed E-state index contributed by atoms with van der Waals surface area (Å²) < 4.78 is 33.2. The highest BCUT2D eigenvalue weighted by molar-refractivity contribution is 7.89. The lowest BCUT2D eigenvalue weighted by Crippen LogP contribution is -2.31. The molecule has 1 aliphatic heterocycles. The molecule has 2 aromatic heterocycles. The number of aryl methyl sites for hydroxylation is 3. The van der Waals surface area contributed by atoms with E-state index in [-0.39, 0.29) is 6.04 Å². The molecule has 0 unspecified atom stereocenters. The van der Waals surface area contributed by atoms with E-state index in [0.29, 0.717) is 34.4 Å². The number of aromatic nitrogens is 3. The minimum absolute atomic E-state index is 0.304.